The Morgan fingerprint density at radius 2 is 2.17 bits per heavy atom. The van der Waals surface area contributed by atoms with E-state index in [-0.39, 0.29) is 0 Å². The molecule has 0 bridgehead atoms. The molecule has 2 aromatic heterocycles. The number of carbonyl (C=O) groups excluding carboxylic acids is 1. The minimum absolute atomic E-state index is 0.312. The molecule has 0 amide bonds. The average molecular weight is 472 g/mol. The van der Waals surface area contributed by atoms with Crippen LogP contribution in [0.2, 0.25) is 0 Å². The monoisotopic (exact) mass is 471 g/mol. The predicted octanol–water partition coefficient (Wildman–Crippen LogP) is 4.06. The maximum Gasteiger partial charge on any atom is 0.359 e. The van der Waals surface area contributed by atoms with Crippen LogP contribution in [-0.4, -0.2) is 39.4 Å². The topological polar surface area (TPSA) is 91.2 Å². The third-order valence-corrected chi connectivity index (χ3v) is 5.48. The number of aryl methyl sites for hydroxylation is 2. The number of carbonyl (C=O) groups is 1. The lowest BCUT2D eigenvalue weighted by Gasteiger charge is -2.13. The number of anilines is 2. The summed E-state index contributed by atoms with van der Waals surface area (Å²) in [6.07, 6.45) is 4.28. The van der Waals surface area contributed by atoms with Crippen LogP contribution in [0.5, 0.6) is 5.75 Å². The Labute approximate surface area is 182 Å². The Balaban J connectivity index is 1.77. The molecule has 1 aliphatic carbocycles. The molecular formula is C21H22BrN5O3. The van der Waals surface area contributed by atoms with Gasteiger partial charge in [-0.1, -0.05) is 15.9 Å². The van der Waals surface area contributed by atoms with Crippen LogP contribution in [-0.2, 0) is 24.6 Å². The fourth-order valence-electron chi connectivity index (χ4n) is 3.66. The molecular weight excluding hydrogens is 450 g/mol. The Morgan fingerprint density at radius 3 is 2.93 bits per heavy atom. The molecule has 1 aromatic carbocycles. The van der Waals surface area contributed by atoms with Crippen molar-refractivity contribution in [3.63, 3.8) is 0 Å². The van der Waals surface area contributed by atoms with E-state index < -0.39 is 5.97 Å². The van der Waals surface area contributed by atoms with Crippen molar-refractivity contribution in [3.05, 3.63) is 45.7 Å². The number of esters is 1. The van der Waals surface area contributed by atoms with E-state index in [1.165, 1.54) is 0 Å². The molecule has 1 N–H and O–H groups in total. The summed E-state index contributed by atoms with van der Waals surface area (Å²) in [7, 11) is 3.44. The van der Waals surface area contributed by atoms with Gasteiger partial charge in [0.25, 0.3) is 0 Å². The summed E-state index contributed by atoms with van der Waals surface area (Å²) in [6.45, 7) is 2.10. The zero-order chi connectivity index (χ0) is 21.3. The van der Waals surface area contributed by atoms with E-state index in [9.17, 15) is 4.79 Å². The van der Waals surface area contributed by atoms with Gasteiger partial charge < -0.3 is 14.8 Å². The largest absolute Gasteiger partial charge is 0.495 e. The van der Waals surface area contributed by atoms with Crippen molar-refractivity contribution in [3.8, 4) is 17.1 Å². The Hall–Kier alpha value is -2.94. The Bertz CT molecular complexity index is 1110. The number of halogens is 1. The summed E-state index contributed by atoms with van der Waals surface area (Å²) in [5.74, 6) is 0.722. The number of nitrogens with one attached hydrogen (secondary N) is 1. The summed E-state index contributed by atoms with van der Waals surface area (Å²) < 4.78 is 13.3. The van der Waals surface area contributed by atoms with Crippen LogP contribution < -0.4 is 10.1 Å². The van der Waals surface area contributed by atoms with Crippen molar-refractivity contribution in [1.82, 2.24) is 19.7 Å². The van der Waals surface area contributed by atoms with Crippen LogP contribution in [0, 0.1) is 0 Å². The first-order chi connectivity index (χ1) is 14.5. The highest BCUT2D eigenvalue weighted by Crippen LogP contribution is 2.35. The number of methoxy groups -OCH3 is 1. The van der Waals surface area contributed by atoms with Crippen LogP contribution in [0.1, 0.15) is 35.0 Å². The number of rotatable bonds is 5. The maximum atomic E-state index is 12.4. The van der Waals surface area contributed by atoms with Gasteiger partial charge in [0.2, 0.25) is 5.95 Å². The van der Waals surface area contributed by atoms with Gasteiger partial charge in [0, 0.05) is 23.3 Å². The first-order valence-corrected chi connectivity index (χ1v) is 10.5. The second-order valence-corrected chi connectivity index (χ2v) is 7.83. The minimum atomic E-state index is -0.398. The summed E-state index contributed by atoms with van der Waals surface area (Å²) in [5.41, 5.74) is 4.64. The molecule has 1 aliphatic rings. The quantitative estimate of drug-likeness (QED) is 0.560. The SMILES string of the molecule is CCOC(=O)c1nn(C)c2c1CCCc1cnc(Nc3ccc(Br)cc3OC)nc1-2. The van der Waals surface area contributed by atoms with Crippen LogP contribution >= 0.6 is 15.9 Å². The van der Waals surface area contributed by atoms with Crippen LogP contribution in [0.25, 0.3) is 11.4 Å². The zero-order valence-corrected chi connectivity index (χ0v) is 18.6. The van der Waals surface area contributed by atoms with Gasteiger partial charge in [-0.3, -0.25) is 4.68 Å². The zero-order valence-electron chi connectivity index (χ0n) is 17.0. The predicted molar refractivity (Wildman–Crippen MR) is 116 cm³/mol. The Kier molecular flexibility index (Phi) is 5.72. The van der Waals surface area contributed by atoms with Gasteiger partial charge >= 0.3 is 5.97 Å². The maximum absolute atomic E-state index is 12.4. The molecule has 0 unspecified atom stereocenters. The molecule has 0 saturated heterocycles. The van der Waals surface area contributed by atoms with Gasteiger partial charge in [0.05, 0.1) is 30.8 Å². The van der Waals surface area contributed by atoms with E-state index >= 15 is 0 Å². The molecule has 2 heterocycles. The van der Waals surface area contributed by atoms with Crippen molar-refractivity contribution < 1.29 is 14.3 Å². The molecule has 8 nitrogen and oxygen atoms in total. The first-order valence-electron chi connectivity index (χ1n) is 9.71. The van der Waals surface area contributed by atoms with Crippen molar-refractivity contribution in [2.75, 3.05) is 19.0 Å². The van der Waals surface area contributed by atoms with E-state index in [0.717, 1.165) is 51.9 Å². The summed E-state index contributed by atoms with van der Waals surface area (Å²) >= 11 is 3.45. The van der Waals surface area contributed by atoms with Gasteiger partial charge in [0.15, 0.2) is 5.69 Å². The number of ether oxygens (including phenoxy) is 2. The summed E-state index contributed by atoms with van der Waals surface area (Å²) in [5, 5.41) is 7.67. The summed E-state index contributed by atoms with van der Waals surface area (Å²) in [6, 6.07) is 5.68. The van der Waals surface area contributed by atoms with Gasteiger partial charge in [-0.05, 0) is 49.9 Å². The van der Waals surface area contributed by atoms with Gasteiger partial charge in [-0.2, -0.15) is 5.10 Å². The number of nitrogens with zero attached hydrogens (tertiary/aromatic N) is 4. The number of hydrogen-bond donors (Lipinski definition) is 1. The third kappa shape index (κ3) is 3.77. The molecule has 0 saturated carbocycles. The summed E-state index contributed by atoms with van der Waals surface area (Å²) in [4.78, 5) is 21.7. The van der Waals surface area contributed by atoms with E-state index in [4.69, 9.17) is 14.5 Å². The van der Waals surface area contributed by atoms with E-state index in [2.05, 4.69) is 31.3 Å². The number of fused-ring (bicyclic) bond motifs is 3. The van der Waals surface area contributed by atoms with E-state index in [1.807, 2.05) is 31.4 Å². The van der Waals surface area contributed by atoms with Gasteiger partial charge in [-0.15, -0.1) is 0 Å². The molecule has 3 aromatic rings. The van der Waals surface area contributed by atoms with Crippen LogP contribution in [0.3, 0.4) is 0 Å². The lowest BCUT2D eigenvalue weighted by Crippen LogP contribution is -2.08. The molecule has 30 heavy (non-hydrogen) atoms. The highest BCUT2D eigenvalue weighted by atomic mass is 79.9. The minimum Gasteiger partial charge on any atom is -0.495 e. The van der Waals surface area contributed by atoms with Crippen molar-refractivity contribution in [2.45, 2.75) is 26.2 Å². The highest BCUT2D eigenvalue weighted by molar-refractivity contribution is 9.10. The molecule has 0 aliphatic heterocycles. The lowest BCUT2D eigenvalue weighted by molar-refractivity contribution is 0.0517. The standard InChI is InChI=1S/C21H22BrN5O3/c1-4-30-20(28)18-14-7-5-6-12-11-23-21(25-17(12)19(14)27(2)26-18)24-15-9-8-13(22)10-16(15)29-3/h8-11H,4-7H2,1-3H3,(H,23,24,25). The number of aromatic nitrogens is 4. The normalized spacial score (nSPS) is 12.5. The first kappa shape index (κ1) is 20.3. The van der Waals surface area contributed by atoms with Crippen molar-refractivity contribution in [1.29, 1.82) is 0 Å². The fraction of sp³-hybridized carbons (Fsp3) is 0.333. The second-order valence-electron chi connectivity index (χ2n) is 6.91. The van der Waals surface area contributed by atoms with E-state index in [0.29, 0.717) is 24.0 Å². The van der Waals surface area contributed by atoms with Crippen LogP contribution in [0.15, 0.2) is 28.9 Å². The van der Waals surface area contributed by atoms with Gasteiger partial charge in [-0.25, -0.2) is 14.8 Å². The van der Waals surface area contributed by atoms with Gasteiger partial charge in [0.1, 0.15) is 5.75 Å². The smallest absolute Gasteiger partial charge is 0.359 e. The lowest BCUT2D eigenvalue weighted by atomic mass is 10.1. The molecule has 0 fully saturated rings. The molecule has 9 heteroatoms. The number of hydrogen-bond acceptors (Lipinski definition) is 7. The van der Waals surface area contributed by atoms with Crippen molar-refractivity contribution in [2.24, 2.45) is 7.05 Å². The Morgan fingerprint density at radius 1 is 1.33 bits per heavy atom. The average Bonchev–Trinajstić information content (AvgIpc) is 2.94. The molecule has 0 radical (unpaired) electrons. The highest BCUT2D eigenvalue weighted by Gasteiger charge is 2.28. The molecule has 4 rings (SSSR count). The molecule has 156 valence electrons. The number of benzene rings is 1. The van der Waals surface area contributed by atoms with Crippen LogP contribution in [0.4, 0.5) is 11.6 Å². The second kappa shape index (κ2) is 8.43. The molecule has 0 spiro atoms. The molecule has 0 atom stereocenters. The third-order valence-electron chi connectivity index (χ3n) is 4.99. The fourth-order valence-corrected chi connectivity index (χ4v) is 4.00. The van der Waals surface area contributed by atoms with Crippen molar-refractivity contribution >= 4 is 33.5 Å². The van der Waals surface area contributed by atoms with E-state index in [1.54, 1.807) is 18.7 Å².